The van der Waals surface area contributed by atoms with Crippen molar-refractivity contribution in [2.24, 2.45) is 4.99 Å². The Kier molecular flexibility index (Phi) is 4.62. The van der Waals surface area contributed by atoms with Crippen molar-refractivity contribution in [3.63, 3.8) is 0 Å². The van der Waals surface area contributed by atoms with Gasteiger partial charge in [-0.3, -0.25) is 19.5 Å². The Morgan fingerprint density at radius 1 is 0.852 bits per heavy atom. The quantitative estimate of drug-likeness (QED) is 0.663. The highest BCUT2D eigenvalue weighted by Gasteiger charge is 2.27. The van der Waals surface area contributed by atoms with Crippen molar-refractivity contribution in [1.82, 2.24) is 0 Å². The summed E-state index contributed by atoms with van der Waals surface area (Å²) in [4.78, 5) is 31.5. The van der Waals surface area contributed by atoms with Gasteiger partial charge in [0.25, 0.3) is 5.91 Å². The number of anilines is 1. The molecule has 27 heavy (non-hydrogen) atoms. The third-order valence-electron chi connectivity index (χ3n) is 4.64. The van der Waals surface area contributed by atoms with Gasteiger partial charge in [0.15, 0.2) is 5.78 Å². The zero-order valence-corrected chi connectivity index (χ0v) is 14.7. The molecule has 0 radical (unpaired) electrons. The van der Waals surface area contributed by atoms with Crippen LogP contribution in [0.15, 0.2) is 89.9 Å². The molecule has 4 heteroatoms. The molecule has 0 spiro atoms. The van der Waals surface area contributed by atoms with Gasteiger partial charge in [0.1, 0.15) is 6.04 Å². The number of amides is 1. The molecule has 0 fully saturated rings. The Balaban J connectivity index is 1.73. The van der Waals surface area contributed by atoms with Crippen LogP contribution in [0.3, 0.4) is 0 Å². The molecule has 1 amide bonds. The molecule has 1 unspecified atom stereocenters. The number of para-hydroxylation sites is 1. The van der Waals surface area contributed by atoms with Gasteiger partial charge in [0, 0.05) is 11.1 Å². The molecule has 0 saturated carbocycles. The summed E-state index contributed by atoms with van der Waals surface area (Å²) in [6.07, 6.45) is 1.33. The molecule has 132 valence electrons. The fraction of sp³-hybridized carbons (Fsp3) is 0.0870. The molecule has 1 aliphatic heterocycles. The van der Waals surface area contributed by atoms with Crippen molar-refractivity contribution in [2.45, 2.75) is 6.04 Å². The number of carbonyl (C=O) groups is 2. The van der Waals surface area contributed by atoms with E-state index in [9.17, 15) is 9.59 Å². The molecular formula is C23H18N2O2. The van der Waals surface area contributed by atoms with E-state index in [1.54, 1.807) is 12.1 Å². The molecule has 0 saturated heterocycles. The summed E-state index contributed by atoms with van der Waals surface area (Å²) in [5.41, 5.74) is 3.22. The van der Waals surface area contributed by atoms with Crippen molar-refractivity contribution in [3.05, 3.63) is 102 Å². The van der Waals surface area contributed by atoms with Gasteiger partial charge in [0.05, 0.1) is 18.4 Å². The predicted octanol–water partition coefficient (Wildman–Crippen LogP) is 4.08. The van der Waals surface area contributed by atoms with Crippen LogP contribution in [0, 0.1) is 0 Å². The van der Waals surface area contributed by atoms with E-state index in [4.69, 9.17) is 0 Å². The number of carbonyl (C=O) groups excluding carboxylic acids is 2. The Bertz CT molecular complexity index is 997. The van der Waals surface area contributed by atoms with Crippen molar-refractivity contribution in [2.75, 3.05) is 11.4 Å². The normalized spacial score (nSPS) is 15.9. The summed E-state index contributed by atoms with van der Waals surface area (Å²) in [7, 11) is 0. The molecule has 4 rings (SSSR count). The SMILES string of the molecule is O=C(CN1C(=O)C=NC(c2ccccc2)c2ccccc21)c1ccccc1. The van der Waals surface area contributed by atoms with Crippen LogP contribution in [-0.4, -0.2) is 24.4 Å². The van der Waals surface area contributed by atoms with Crippen LogP contribution in [0.5, 0.6) is 0 Å². The lowest BCUT2D eigenvalue weighted by Gasteiger charge is -2.23. The lowest BCUT2D eigenvalue weighted by atomic mass is 9.97. The minimum absolute atomic E-state index is 0.0204. The first-order valence-corrected chi connectivity index (χ1v) is 8.81. The summed E-state index contributed by atoms with van der Waals surface area (Å²) in [6, 6.07) is 26.2. The molecular weight excluding hydrogens is 336 g/mol. The number of nitrogens with zero attached hydrogens (tertiary/aromatic N) is 2. The molecule has 0 aromatic heterocycles. The van der Waals surface area contributed by atoms with E-state index in [2.05, 4.69) is 4.99 Å². The van der Waals surface area contributed by atoms with Gasteiger partial charge >= 0.3 is 0 Å². The number of rotatable bonds is 4. The second-order valence-corrected chi connectivity index (χ2v) is 6.36. The highest BCUT2D eigenvalue weighted by Crippen LogP contribution is 2.35. The van der Waals surface area contributed by atoms with Gasteiger partial charge in [-0.25, -0.2) is 0 Å². The van der Waals surface area contributed by atoms with E-state index in [-0.39, 0.29) is 24.3 Å². The fourth-order valence-electron chi connectivity index (χ4n) is 3.29. The fourth-order valence-corrected chi connectivity index (χ4v) is 3.29. The molecule has 0 aliphatic carbocycles. The molecule has 1 aliphatic rings. The zero-order valence-electron chi connectivity index (χ0n) is 14.7. The summed E-state index contributed by atoms with van der Waals surface area (Å²) in [5, 5.41) is 0. The molecule has 1 atom stereocenters. The van der Waals surface area contributed by atoms with Gasteiger partial charge in [-0.15, -0.1) is 0 Å². The van der Waals surface area contributed by atoms with E-state index in [1.165, 1.54) is 11.1 Å². The van der Waals surface area contributed by atoms with E-state index in [0.29, 0.717) is 5.56 Å². The second-order valence-electron chi connectivity index (χ2n) is 6.36. The molecule has 1 heterocycles. The van der Waals surface area contributed by atoms with Crippen molar-refractivity contribution < 1.29 is 9.59 Å². The first kappa shape index (κ1) is 16.9. The van der Waals surface area contributed by atoms with Crippen LogP contribution >= 0.6 is 0 Å². The molecule has 3 aromatic rings. The maximum absolute atomic E-state index is 12.7. The van der Waals surface area contributed by atoms with E-state index in [1.807, 2.05) is 72.8 Å². The van der Waals surface area contributed by atoms with Gasteiger partial charge in [-0.1, -0.05) is 78.9 Å². The monoisotopic (exact) mass is 354 g/mol. The number of ketones is 1. The number of aliphatic imine (C=N–C) groups is 1. The molecule has 0 N–H and O–H groups in total. The van der Waals surface area contributed by atoms with E-state index in [0.717, 1.165) is 16.8 Å². The number of hydrogen-bond donors (Lipinski definition) is 0. The largest absolute Gasteiger partial charge is 0.299 e. The van der Waals surface area contributed by atoms with Crippen LogP contribution in [0.4, 0.5) is 5.69 Å². The second kappa shape index (κ2) is 7.38. The Labute approximate surface area is 157 Å². The van der Waals surface area contributed by atoms with Crippen LogP contribution in [0.25, 0.3) is 0 Å². The third kappa shape index (κ3) is 3.42. The topological polar surface area (TPSA) is 49.7 Å². The predicted molar refractivity (Wildman–Crippen MR) is 106 cm³/mol. The van der Waals surface area contributed by atoms with Gasteiger partial charge < -0.3 is 0 Å². The lowest BCUT2D eigenvalue weighted by Crippen LogP contribution is -2.36. The maximum Gasteiger partial charge on any atom is 0.269 e. The average molecular weight is 354 g/mol. The van der Waals surface area contributed by atoms with Gasteiger partial charge in [0.2, 0.25) is 0 Å². The van der Waals surface area contributed by atoms with Crippen LogP contribution in [0.1, 0.15) is 27.5 Å². The zero-order chi connectivity index (χ0) is 18.6. The maximum atomic E-state index is 12.7. The number of hydrogen-bond acceptors (Lipinski definition) is 3. The smallest absolute Gasteiger partial charge is 0.269 e. The van der Waals surface area contributed by atoms with E-state index < -0.39 is 0 Å². The van der Waals surface area contributed by atoms with Crippen LogP contribution in [0.2, 0.25) is 0 Å². The minimum atomic E-state index is -0.287. The van der Waals surface area contributed by atoms with Gasteiger partial charge in [-0.2, -0.15) is 0 Å². The average Bonchev–Trinajstić information content (AvgIpc) is 2.86. The van der Waals surface area contributed by atoms with Gasteiger partial charge in [-0.05, 0) is 11.6 Å². The van der Waals surface area contributed by atoms with Crippen LogP contribution < -0.4 is 4.90 Å². The summed E-state index contributed by atoms with van der Waals surface area (Å²) in [6.45, 7) is -0.0204. The standard InChI is InChI=1S/C23H18N2O2/c26-21(17-9-3-1-4-10-17)16-25-20-14-8-7-13-19(20)23(24-15-22(25)27)18-11-5-2-6-12-18/h1-15,23H,16H2. The van der Waals surface area contributed by atoms with Crippen molar-refractivity contribution in [3.8, 4) is 0 Å². The Hall–Kier alpha value is -3.53. The molecule has 3 aromatic carbocycles. The minimum Gasteiger partial charge on any atom is -0.299 e. The third-order valence-corrected chi connectivity index (χ3v) is 4.64. The number of Topliss-reactive ketones (excluding diaryl/α,β-unsaturated/α-hetero) is 1. The van der Waals surface area contributed by atoms with E-state index >= 15 is 0 Å². The number of benzene rings is 3. The van der Waals surface area contributed by atoms with Crippen LogP contribution in [-0.2, 0) is 4.79 Å². The lowest BCUT2D eigenvalue weighted by molar-refractivity contribution is -0.112. The molecule has 0 bridgehead atoms. The van der Waals surface area contributed by atoms with Crippen molar-refractivity contribution in [1.29, 1.82) is 0 Å². The Morgan fingerprint density at radius 2 is 1.48 bits per heavy atom. The van der Waals surface area contributed by atoms with Crippen molar-refractivity contribution >= 4 is 23.6 Å². The first-order chi connectivity index (χ1) is 13.2. The number of fused-ring (bicyclic) bond motifs is 1. The summed E-state index contributed by atoms with van der Waals surface area (Å²) >= 11 is 0. The Morgan fingerprint density at radius 3 is 2.22 bits per heavy atom. The first-order valence-electron chi connectivity index (χ1n) is 8.81. The summed E-state index contributed by atoms with van der Waals surface area (Å²) < 4.78 is 0. The summed E-state index contributed by atoms with van der Waals surface area (Å²) in [5.74, 6) is -0.393. The highest BCUT2D eigenvalue weighted by molar-refractivity contribution is 6.34. The highest BCUT2D eigenvalue weighted by atomic mass is 16.2. The molecule has 4 nitrogen and oxygen atoms in total.